The van der Waals surface area contributed by atoms with E-state index in [1.807, 2.05) is 31.2 Å². The van der Waals surface area contributed by atoms with Gasteiger partial charge in [0.25, 0.3) is 11.8 Å². The van der Waals surface area contributed by atoms with Gasteiger partial charge in [0, 0.05) is 5.69 Å². The molecule has 5 heteroatoms. The largest absolute Gasteiger partial charge is 0.466 e. The Morgan fingerprint density at radius 1 is 0.808 bits per heavy atom. The molecular formula is C21H20N2O3. The molecule has 0 bridgehead atoms. The van der Waals surface area contributed by atoms with Crippen LogP contribution in [0.5, 0.6) is 0 Å². The van der Waals surface area contributed by atoms with Gasteiger partial charge in [0.1, 0.15) is 11.5 Å². The van der Waals surface area contributed by atoms with E-state index in [-0.39, 0.29) is 11.8 Å². The fourth-order valence-corrected chi connectivity index (χ4v) is 2.76. The molecule has 0 radical (unpaired) electrons. The Bertz CT molecular complexity index is 973. The molecule has 132 valence electrons. The van der Waals surface area contributed by atoms with E-state index in [9.17, 15) is 9.59 Å². The molecule has 1 aromatic heterocycles. The van der Waals surface area contributed by atoms with Gasteiger partial charge >= 0.3 is 0 Å². The Morgan fingerprint density at radius 3 is 2.23 bits per heavy atom. The lowest BCUT2D eigenvalue weighted by atomic mass is 10.1. The molecule has 0 saturated carbocycles. The zero-order valence-electron chi connectivity index (χ0n) is 14.9. The summed E-state index contributed by atoms with van der Waals surface area (Å²) in [6.07, 6.45) is 0. The summed E-state index contributed by atoms with van der Waals surface area (Å²) < 4.78 is 5.40. The van der Waals surface area contributed by atoms with Gasteiger partial charge in [-0.2, -0.15) is 0 Å². The van der Waals surface area contributed by atoms with Crippen molar-refractivity contribution in [3.63, 3.8) is 0 Å². The Hall–Kier alpha value is -3.34. The highest BCUT2D eigenvalue weighted by Gasteiger charge is 2.17. The molecule has 0 aliphatic rings. The average molecular weight is 348 g/mol. The van der Waals surface area contributed by atoms with Gasteiger partial charge in [0.05, 0.1) is 16.8 Å². The minimum absolute atomic E-state index is 0.286. The van der Waals surface area contributed by atoms with E-state index in [2.05, 4.69) is 10.6 Å². The minimum atomic E-state index is -0.310. The summed E-state index contributed by atoms with van der Waals surface area (Å²) in [4.78, 5) is 25.2. The number of hydrogen-bond donors (Lipinski definition) is 2. The molecular weight excluding hydrogens is 328 g/mol. The highest BCUT2D eigenvalue weighted by molar-refractivity contribution is 6.12. The van der Waals surface area contributed by atoms with Gasteiger partial charge in [0.15, 0.2) is 0 Å². The molecule has 2 aromatic carbocycles. The van der Waals surface area contributed by atoms with Gasteiger partial charge in [0.2, 0.25) is 0 Å². The summed E-state index contributed by atoms with van der Waals surface area (Å²) >= 11 is 0. The number of carbonyl (C=O) groups is 2. The second-order valence-corrected chi connectivity index (χ2v) is 6.15. The molecule has 2 amide bonds. The molecule has 2 N–H and O–H groups in total. The van der Waals surface area contributed by atoms with Crippen molar-refractivity contribution in [1.82, 2.24) is 0 Å². The number of furan rings is 1. The van der Waals surface area contributed by atoms with Crippen molar-refractivity contribution in [3.8, 4) is 0 Å². The lowest BCUT2D eigenvalue weighted by Gasteiger charge is -2.11. The number of aryl methyl sites for hydroxylation is 3. The van der Waals surface area contributed by atoms with E-state index < -0.39 is 0 Å². The van der Waals surface area contributed by atoms with Crippen molar-refractivity contribution < 1.29 is 14.0 Å². The van der Waals surface area contributed by atoms with Crippen LogP contribution in [-0.2, 0) is 0 Å². The predicted octanol–water partition coefficient (Wildman–Crippen LogP) is 4.71. The summed E-state index contributed by atoms with van der Waals surface area (Å²) in [6.45, 7) is 5.48. The number of anilines is 2. The Morgan fingerprint density at radius 2 is 1.54 bits per heavy atom. The van der Waals surface area contributed by atoms with Crippen molar-refractivity contribution >= 4 is 23.2 Å². The average Bonchev–Trinajstić information content (AvgIpc) is 2.94. The normalized spacial score (nSPS) is 10.4. The second kappa shape index (κ2) is 7.27. The third-order valence-corrected chi connectivity index (χ3v) is 3.98. The van der Waals surface area contributed by atoms with Crippen LogP contribution in [0.2, 0.25) is 0 Å². The topological polar surface area (TPSA) is 71.3 Å². The summed E-state index contributed by atoms with van der Waals surface area (Å²) in [6, 6.07) is 16.1. The van der Waals surface area contributed by atoms with Crippen LogP contribution in [0.15, 0.2) is 59.0 Å². The van der Waals surface area contributed by atoms with E-state index >= 15 is 0 Å². The zero-order chi connectivity index (χ0) is 18.7. The van der Waals surface area contributed by atoms with Crippen molar-refractivity contribution in [2.24, 2.45) is 0 Å². The summed E-state index contributed by atoms with van der Waals surface area (Å²) in [7, 11) is 0. The van der Waals surface area contributed by atoms with Crippen LogP contribution in [0.1, 0.15) is 37.8 Å². The van der Waals surface area contributed by atoms with Crippen LogP contribution in [-0.4, -0.2) is 11.8 Å². The van der Waals surface area contributed by atoms with Gasteiger partial charge in [-0.3, -0.25) is 9.59 Å². The van der Waals surface area contributed by atoms with E-state index in [1.54, 1.807) is 44.2 Å². The van der Waals surface area contributed by atoms with Gasteiger partial charge in [-0.05, 0) is 56.7 Å². The van der Waals surface area contributed by atoms with Crippen LogP contribution in [0, 0.1) is 20.8 Å². The van der Waals surface area contributed by atoms with Crippen molar-refractivity contribution in [1.29, 1.82) is 0 Å². The summed E-state index contributed by atoms with van der Waals surface area (Å²) in [5.74, 6) is 0.613. The first kappa shape index (κ1) is 17.5. The van der Waals surface area contributed by atoms with Crippen molar-refractivity contribution in [2.75, 3.05) is 10.6 Å². The van der Waals surface area contributed by atoms with E-state index in [4.69, 9.17) is 4.42 Å². The standard InChI is InChI=1S/C21H20N2O3/c1-13-7-6-8-16(11-13)22-20(24)17-9-4-5-10-19(17)23-21(25)18-12-14(2)26-15(18)3/h4-12H,1-3H3,(H,22,24)(H,23,25). The fraction of sp³-hybridized carbons (Fsp3) is 0.143. The van der Waals surface area contributed by atoms with E-state index in [0.29, 0.717) is 34.0 Å². The highest BCUT2D eigenvalue weighted by atomic mass is 16.3. The Labute approximate surface area is 152 Å². The molecule has 3 aromatic rings. The van der Waals surface area contributed by atoms with Crippen LogP contribution in [0.25, 0.3) is 0 Å². The predicted molar refractivity (Wildman–Crippen MR) is 102 cm³/mol. The number of carbonyl (C=O) groups excluding carboxylic acids is 2. The molecule has 0 unspecified atom stereocenters. The lowest BCUT2D eigenvalue weighted by molar-refractivity contribution is 0.102. The second-order valence-electron chi connectivity index (χ2n) is 6.15. The molecule has 3 rings (SSSR count). The van der Waals surface area contributed by atoms with Crippen molar-refractivity contribution in [3.05, 3.63) is 82.8 Å². The van der Waals surface area contributed by atoms with Crippen LogP contribution < -0.4 is 10.6 Å². The zero-order valence-corrected chi connectivity index (χ0v) is 14.9. The SMILES string of the molecule is Cc1cccc(NC(=O)c2ccccc2NC(=O)c2cc(C)oc2C)c1. The minimum Gasteiger partial charge on any atom is -0.466 e. The number of nitrogens with one attached hydrogen (secondary N) is 2. The molecule has 26 heavy (non-hydrogen) atoms. The Balaban J connectivity index is 1.82. The molecule has 0 saturated heterocycles. The maximum atomic E-state index is 12.7. The van der Waals surface area contributed by atoms with Gasteiger partial charge in [-0.1, -0.05) is 24.3 Å². The Kier molecular flexibility index (Phi) is 4.89. The van der Waals surface area contributed by atoms with Gasteiger partial charge in [-0.15, -0.1) is 0 Å². The number of hydrogen-bond acceptors (Lipinski definition) is 3. The quantitative estimate of drug-likeness (QED) is 0.717. The summed E-state index contributed by atoms with van der Waals surface area (Å²) in [5, 5.41) is 5.66. The third kappa shape index (κ3) is 3.83. The van der Waals surface area contributed by atoms with Gasteiger partial charge < -0.3 is 15.1 Å². The molecule has 0 fully saturated rings. The number of amides is 2. The molecule has 0 aliphatic heterocycles. The van der Waals surface area contributed by atoms with E-state index in [1.165, 1.54) is 0 Å². The highest BCUT2D eigenvalue weighted by Crippen LogP contribution is 2.21. The monoisotopic (exact) mass is 348 g/mol. The maximum absolute atomic E-state index is 12.7. The van der Waals surface area contributed by atoms with Crippen LogP contribution in [0.4, 0.5) is 11.4 Å². The van der Waals surface area contributed by atoms with Crippen LogP contribution >= 0.6 is 0 Å². The molecule has 0 aliphatic carbocycles. The summed E-state index contributed by atoms with van der Waals surface area (Å²) in [5.41, 5.74) is 3.05. The first-order valence-corrected chi connectivity index (χ1v) is 8.29. The molecule has 0 spiro atoms. The number of para-hydroxylation sites is 1. The third-order valence-electron chi connectivity index (χ3n) is 3.98. The van der Waals surface area contributed by atoms with Gasteiger partial charge in [-0.25, -0.2) is 0 Å². The van der Waals surface area contributed by atoms with Crippen molar-refractivity contribution in [2.45, 2.75) is 20.8 Å². The fourth-order valence-electron chi connectivity index (χ4n) is 2.76. The lowest BCUT2D eigenvalue weighted by Crippen LogP contribution is -2.18. The first-order valence-electron chi connectivity index (χ1n) is 8.29. The number of benzene rings is 2. The molecule has 5 nitrogen and oxygen atoms in total. The first-order chi connectivity index (χ1) is 12.4. The maximum Gasteiger partial charge on any atom is 0.259 e. The van der Waals surface area contributed by atoms with Crippen LogP contribution in [0.3, 0.4) is 0 Å². The molecule has 1 heterocycles. The smallest absolute Gasteiger partial charge is 0.259 e. The number of rotatable bonds is 4. The molecule has 0 atom stereocenters. The van der Waals surface area contributed by atoms with E-state index in [0.717, 1.165) is 5.56 Å².